The first-order valence-corrected chi connectivity index (χ1v) is 8.17. The molecule has 1 aliphatic rings. The monoisotopic (exact) mass is 310 g/mol. The third-order valence-electron chi connectivity index (χ3n) is 4.30. The fourth-order valence-electron chi connectivity index (χ4n) is 2.93. The zero-order chi connectivity index (χ0) is 15.5. The number of hydrogen-bond acceptors (Lipinski definition) is 3. The van der Waals surface area contributed by atoms with E-state index in [-0.39, 0.29) is 6.03 Å². The molecule has 1 fully saturated rings. The van der Waals surface area contributed by atoms with Crippen molar-refractivity contribution in [1.82, 2.24) is 9.80 Å². The van der Waals surface area contributed by atoms with Gasteiger partial charge in [-0.05, 0) is 37.1 Å². The maximum Gasteiger partial charge on any atom is 0.329 e. The van der Waals surface area contributed by atoms with Gasteiger partial charge in [0.1, 0.15) is 5.54 Å². The first-order chi connectivity index (χ1) is 10.0. The van der Waals surface area contributed by atoms with Crippen molar-refractivity contribution in [2.24, 2.45) is 0 Å². The van der Waals surface area contributed by atoms with Crippen LogP contribution in [0.4, 0.5) is 4.79 Å². The Morgan fingerprint density at radius 1 is 1.52 bits per heavy atom. The average molecular weight is 310 g/mol. The number of hydrogen-bond donors (Lipinski definition) is 1. The molecule has 1 aromatic rings. The van der Waals surface area contributed by atoms with Crippen molar-refractivity contribution in [3.8, 4) is 0 Å². The van der Waals surface area contributed by atoms with E-state index >= 15 is 0 Å². The SMILES string of the molecule is CCC1(C(=O)O)CCCN1C(=O)N(C)CCc1cccs1. The van der Waals surface area contributed by atoms with E-state index in [2.05, 4.69) is 0 Å². The summed E-state index contributed by atoms with van der Waals surface area (Å²) in [4.78, 5) is 28.6. The van der Waals surface area contributed by atoms with Crippen molar-refractivity contribution >= 4 is 23.3 Å². The molecule has 1 N–H and O–H groups in total. The molecule has 1 unspecified atom stereocenters. The molecule has 116 valence electrons. The Morgan fingerprint density at radius 2 is 2.29 bits per heavy atom. The maximum absolute atomic E-state index is 12.6. The van der Waals surface area contributed by atoms with Crippen molar-refractivity contribution in [1.29, 1.82) is 0 Å². The minimum Gasteiger partial charge on any atom is -0.479 e. The van der Waals surface area contributed by atoms with Crippen LogP contribution in [0.15, 0.2) is 17.5 Å². The summed E-state index contributed by atoms with van der Waals surface area (Å²) >= 11 is 1.67. The summed E-state index contributed by atoms with van der Waals surface area (Å²) in [5.74, 6) is -0.887. The molecule has 2 rings (SSSR count). The third-order valence-corrected chi connectivity index (χ3v) is 5.24. The largest absolute Gasteiger partial charge is 0.479 e. The summed E-state index contributed by atoms with van der Waals surface area (Å²) in [5.41, 5.74) is -1.02. The lowest BCUT2D eigenvalue weighted by Gasteiger charge is -2.36. The Kier molecular flexibility index (Phi) is 4.88. The van der Waals surface area contributed by atoms with Crippen LogP contribution in [0.5, 0.6) is 0 Å². The molecule has 0 aliphatic carbocycles. The lowest BCUT2D eigenvalue weighted by molar-refractivity contribution is -0.148. The highest BCUT2D eigenvalue weighted by Crippen LogP contribution is 2.33. The number of rotatable bonds is 5. The number of carbonyl (C=O) groups is 2. The first-order valence-electron chi connectivity index (χ1n) is 7.30. The van der Waals surface area contributed by atoms with Gasteiger partial charge < -0.3 is 14.9 Å². The van der Waals surface area contributed by atoms with Crippen LogP contribution in [0.3, 0.4) is 0 Å². The molecule has 0 aromatic carbocycles. The molecule has 1 saturated heterocycles. The Bertz CT molecular complexity index is 503. The third kappa shape index (κ3) is 3.05. The molecule has 1 aliphatic heterocycles. The standard InChI is InChI=1S/C15H22N2O3S/c1-3-15(13(18)19)8-5-9-17(15)14(20)16(2)10-7-12-6-4-11-21-12/h4,6,11H,3,5,7-10H2,1-2H3,(H,18,19). The Labute approximate surface area is 129 Å². The zero-order valence-electron chi connectivity index (χ0n) is 12.5. The van der Waals surface area contributed by atoms with Gasteiger partial charge in [0.2, 0.25) is 0 Å². The smallest absolute Gasteiger partial charge is 0.329 e. The van der Waals surface area contributed by atoms with E-state index in [1.807, 2.05) is 24.4 Å². The number of likely N-dealkylation sites (tertiary alicyclic amines) is 1. The summed E-state index contributed by atoms with van der Waals surface area (Å²) in [6.07, 6.45) is 2.56. The van der Waals surface area contributed by atoms with Crippen LogP contribution in [0.1, 0.15) is 31.1 Å². The predicted octanol–water partition coefficient (Wildman–Crippen LogP) is 2.67. The number of thiophene rings is 1. The van der Waals surface area contributed by atoms with Gasteiger partial charge in [0.15, 0.2) is 0 Å². The van der Waals surface area contributed by atoms with Crippen LogP contribution < -0.4 is 0 Å². The topological polar surface area (TPSA) is 60.9 Å². The molecular formula is C15H22N2O3S. The van der Waals surface area contributed by atoms with E-state index in [1.54, 1.807) is 28.2 Å². The number of amides is 2. The lowest BCUT2D eigenvalue weighted by atomic mass is 9.93. The quantitative estimate of drug-likeness (QED) is 0.909. The van der Waals surface area contributed by atoms with E-state index in [9.17, 15) is 14.7 Å². The molecule has 2 amide bonds. The van der Waals surface area contributed by atoms with Crippen LogP contribution in [0.2, 0.25) is 0 Å². The van der Waals surface area contributed by atoms with Gasteiger partial charge in [-0.2, -0.15) is 0 Å². The Morgan fingerprint density at radius 3 is 2.86 bits per heavy atom. The van der Waals surface area contributed by atoms with Gasteiger partial charge in [-0.15, -0.1) is 11.3 Å². The highest BCUT2D eigenvalue weighted by atomic mass is 32.1. The number of carbonyl (C=O) groups excluding carboxylic acids is 1. The van der Waals surface area contributed by atoms with Gasteiger partial charge in [-0.25, -0.2) is 9.59 Å². The number of likely N-dealkylation sites (N-methyl/N-ethyl adjacent to an activating group) is 1. The highest BCUT2D eigenvalue weighted by molar-refractivity contribution is 7.09. The molecule has 0 spiro atoms. The summed E-state index contributed by atoms with van der Waals surface area (Å²) in [6.45, 7) is 2.98. The second-order valence-electron chi connectivity index (χ2n) is 5.48. The molecule has 5 nitrogen and oxygen atoms in total. The van der Waals surface area contributed by atoms with Gasteiger partial charge in [-0.1, -0.05) is 13.0 Å². The number of carboxylic acids is 1. The van der Waals surface area contributed by atoms with Crippen LogP contribution in [0, 0.1) is 0 Å². The number of aliphatic carboxylic acids is 1. The number of nitrogens with zero attached hydrogens (tertiary/aromatic N) is 2. The van der Waals surface area contributed by atoms with Crippen LogP contribution in [-0.4, -0.2) is 52.6 Å². The highest BCUT2D eigenvalue weighted by Gasteiger charge is 2.49. The molecule has 21 heavy (non-hydrogen) atoms. The van der Waals surface area contributed by atoms with Crippen molar-refractivity contribution in [2.45, 2.75) is 38.1 Å². The average Bonchev–Trinajstić information content (AvgIpc) is 3.13. The predicted molar refractivity (Wildman–Crippen MR) is 82.6 cm³/mol. The molecule has 0 saturated carbocycles. The van der Waals surface area contributed by atoms with E-state index in [0.717, 1.165) is 12.8 Å². The van der Waals surface area contributed by atoms with Crippen LogP contribution in [-0.2, 0) is 11.2 Å². The van der Waals surface area contributed by atoms with Gasteiger partial charge >= 0.3 is 12.0 Å². The van der Waals surface area contributed by atoms with Gasteiger partial charge in [0.05, 0.1) is 0 Å². The fraction of sp³-hybridized carbons (Fsp3) is 0.600. The fourth-order valence-corrected chi connectivity index (χ4v) is 3.63. The molecule has 1 aromatic heterocycles. The van der Waals surface area contributed by atoms with E-state index < -0.39 is 11.5 Å². The van der Waals surface area contributed by atoms with Crippen LogP contribution in [0.25, 0.3) is 0 Å². The molecule has 2 heterocycles. The molecule has 0 bridgehead atoms. The van der Waals surface area contributed by atoms with Crippen molar-refractivity contribution in [3.63, 3.8) is 0 Å². The summed E-state index contributed by atoms with van der Waals surface area (Å²) < 4.78 is 0. The normalized spacial score (nSPS) is 21.5. The molecule has 0 radical (unpaired) electrons. The van der Waals surface area contributed by atoms with Crippen molar-refractivity contribution < 1.29 is 14.7 Å². The zero-order valence-corrected chi connectivity index (χ0v) is 13.4. The van der Waals surface area contributed by atoms with E-state index in [4.69, 9.17) is 0 Å². The minimum absolute atomic E-state index is 0.173. The second kappa shape index (κ2) is 6.47. The molecule has 6 heteroatoms. The van der Waals surface area contributed by atoms with Gasteiger partial charge in [0.25, 0.3) is 0 Å². The van der Waals surface area contributed by atoms with E-state index in [1.165, 1.54) is 4.88 Å². The van der Waals surface area contributed by atoms with Gasteiger partial charge in [-0.3, -0.25) is 0 Å². The van der Waals surface area contributed by atoms with Gasteiger partial charge in [0, 0.05) is 25.0 Å². The summed E-state index contributed by atoms with van der Waals surface area (Å²) in [5, 5.41) is 11.6. The number of urea groups is 1. The molecule has 1 atom stereocenters. The second-order valence-corrected chi connectivity index (χ2v) is 6.51. The Balaban J connectivity index is 2.02. The van der Waals surface area contributed by atoms with E-state index in [0.29, 0.717) is 25.9 Å². The van der Waals surface area contributed by atoms with Crippen molar-refractivity contribution in [3.05, 3.63) is 22.4 Å². The Hall–Kier alpha value is -1.56. The summed E-state index contributed by atoms with van der Waals surface area (Å²) in [6, 6.07) is 3.87. The van der Waals surface area contributed by atoms with Crippen LogP contribution >= 0.6 is 11.3 Å². The molecular weight excluding hydrogens is 288 g/mol. The first kappa shape index (κ1) is 15.8. The lowest BCUT2D eigenvalue weighted by Crippen LogP contribution is -2.56. The number of carboxylic acid groups (broad SMARTS) is 1. The minimum atomic E-state index is -1.02. The summed E-state index contributed by atoms with van der Waals surface area (Å²) in [7, 11) is 1.75. The van der Waals surface area contributed by atoms with Crippen molar-refractivity contribution in [2.75, 3.05) is 20.1 Å². The maximum atomic E-state index is 12.6.